The first kappa shape index (κ1) is 15.8. The largest absolute Gasteiger partial charge is 0.371 e. The van der Waals surface area contributed by atoms with Crippen molar-refractivity contribution in [1.82, 2.24) is 0 Å². The van der Waals surface area contributed by atoms with Gasteiger partial charge in [-0.2, -0.15) is 0 Å². The molecule has 0 unspecified atom stereocenters. The van der Waals surface area contributed by atoms with Crippen LogP contribution in [0.15, 0.2) is 24.3 Å². The Kier molecular flexibility index (Phi) is 6.52. The van der Waals surface area contributed by atoms with Gasteiger partial charge in [0.2, 0.25) is 0 Å². The third-order valence-corrected chi connectivity index (χ3v) is 4.22. The maximum Gasteiger partial charge on any atom is 0.142 e. The molecule has 21 heavy (non-hydrogen) atoms. The number of carbonyl (C=O) groups excluding carboxylic acids is 1. The number of hydrogen-bond donors (Lipinski definition) is 0. The smallest absolute Gasteiger partial charge is 0.142 e. The summed E-state index contributed by atoms with van der Waals surface area (Å²) in [6, 6.07) is 6.58. The number of aryl methyl sites for hydroxylation is 1. The number of rotatable bonds is 8. The minimum Gasteiger partial charge on any atom is -0.371 e. The number of benzene rings is 1. The Morgan fingerprint density at radius 3 is 2.86 bits per heavy atom. The lowest BCUT2D eigenvalue weighted by Gasteiger charge is -2.31. The third-order valence-electron chi connectivity index (χ3n) is 4.22. The lowest BCUT2D eigenvalue weighted by molar-refractivity contribution is -0.104. The van der Waals surface area contributed by atoms with Crippen LogP contribution in [-0.4, -0.2) is 19.4 Å². The number of fused-ring (bicyclic) bond motifs is 1. The summed E-state index contributed by atoms with van der Waals surface area (Å²) in [5.41, 5.74) is 3.97. The summed E-state index contributed by atoms with van der Waals surface area (Å²) in [4.78, 5) is 13.0. The molecule has 0 aromatic heterocycles. The molecular formula is C19H27NO. The molecule has 0 aliphatic carbocycles. The van der Waals surface area contributed by atoms with Gasteiger partial charge in [-0.15, -0.1) is 0 Å². The highest BCUT2D eigenvalue weighted by atomic mass is 16.1. The second-order valence-corrected chi connectivity index (χ2v) is 5.89. The van der Waals surface area contributed by atoms with Crippen LogP contribution in [0.1, 0.15) is 56.6 Å². The number of anilines is 1. The van der Waals surface area contributed by atoms with Gasteiger partial charge in [-0.05, 0) is 48.6 Å². The van der Waals surface area contributed by atoms with Crippen LogP contribution in [0, 0.1) is 0 Å². The van der Waals surface area contributed by atoms with Crippen LogP contribution in [0.3, 0.4) is 0 Å². The van der Waals surface area contributed by atoms with Gasteiger partial charge in [-0.1, -0.05) is 44.7 Å². The molecular weight excluding hydrogens is 258 g/mol. The van der Waals surface area contributed by atoms with Crippen molar-refractivity contribution in [2.75, 3.05) is 18.0 Å². The van der Waals surface area contributed by atoms with Crippen molar-refractivity contribution in [3.8, 4) is 0 Å². The van der Waals surface area contributed by atoms with Gasteiger partial charge in [0.25, 0.3) is 0 Å². The number of aldehydes is 1. The zero-order chi connectivity index (χ0) is 14.9. The molecule has 0 amide bonds. The highest BCUT2D eigenvalue weighted by Gasteiger charge is 2.16. The van der Waals surface area contributed by atoms with Crippen molar-refractivity contribution >= 4 is 18.0 Å². The van der Waals surface area contributed by atoms with Crippen LogP contribution in [-0.2, 0) is 11.2 Å². The average molecular weight is 285 g/mol. The molecule has 0 saturated heterocycles. The van der Waals surface area contributed by atoms with E-state index in [4.69, 9.17) is 0 Å². The molecule has 0 atom stereocenters. The van der Waals surface area contributed by atoms with Crippen molar-refractivity contribution in [3.05, 3.63) is 35.4 Å². The van der Waals surface area contributed by atoms with Gasteiger partial charge < -0.3 is 4.90 Å². The molecule has 114 valence electrons. The summed E-state index contributed by atoms with van der Waals surface area (Å²) in [5, 5.41) is 0. The quantitative estimate of drug-likeness (QED) is 0.394. The Morgan fingerprint density at radius 2 is 2.05 bits per heavy atom. The fourth-order valence-corrected chi connectivity index (χ4v) is 3.09. The van der Waals surface area contributed by atoms with Gasteiger partial charge in [-0.25, -0.2) is 0 Å². The van der Waals surface area contributed by atoms with Crippen molar-refractivity contribution in [2.24, 2.45) is 0 Å². The molecule has 2 heteroatoms. The minimum absolute atomic E-state index is 0.835. The lowest BCUT2D eigenvalue weighted by atomic mass is 9.98. The monoisotopic (exact) mass is 285 g/mol. The van der Waals surface area contributed by atoms with Crippen LogP contribution in [0.5, 0.6) is 0 Å². The maximum absolute atomic E-state index is 10.4. The fraction of sp³-hybridized carbons (Fsp3) is 0.526. The van der Waals surface area contributed by atoms with E-state index in [-0.39, 0.29) is 0 Å². The molecule has 1 aliphatic rings. The van der Waals surface area contributed by atoms with E-state index in [0.717, 1.165) is 18.3 Å². The fourth-order valence-electron chi connectivity index (χ4n) is 3.09. The SMILES string of the molecule is CCCCCCCN1CCCc2cc(C=CC=O)ccc21. The molecule has 0 bridgehead atoms. The van der Waals surface area contributed by atoms with Crippen LogP contribution < -0.4 is 4.90 Å². The standard InChI is InChI=1S/C19H27NO/c1-2-3-4-5-6-13-20-14-7-10-18-16-17(9-8-15-21)11-12-19(18)20/h8-9,11-12,15-16H,2-7,10,13-14H2,1H3. The van der Waals surface area contributed by atoms with Crippen LogP contribution in [0.2, 0.25) is 0 Å². The molecule has 0 radical (unpaired) electrons. The first-order valence-corrected chi connectivity index (χ1v) is 8.35. The van der Waals surface area contributed by atoms with E-state index in [1.54, 1.807) is 6.08 Å². The number of hydrogen-bond acceptors (Lipinski definition) is 2. The van der Waals surface area contributed by atoms with Crippen molar-refractivity contribution in [1.29, 1.82) is 0 Å². The second-order valence-electron chi connectivity index (χ2n) is 5.89. The zero-order valence-corrected chi connectivity index (χ0v) is 13.2. The summed E-state index contributed by atoms with van der Waals surface area (Å²) in [5.74, 6) is 0. The average Bonchev–Trinajstić information content (AvgIpc) is 2.52. The van der Waals surface area contributed by atoms with Crippen LogP contribution >= 0.6 is 0 Å². The highest BCUT2D eigenvalue weighted by molar-refractivity contribution is 5.74. The molecule has 1 aromatic carbocycles. The summed E-state index contributed by atoms with van der Waals surface area (Å²) in [6.45, 7) is 4.63. The van der Waals surface area contributed by atoms with Crippen molar-refractivity contribution in [2.45, 2.75) is 51.9 Å². The number of carbonyl (C=O) groups is 1. The summed E-state index contributed by atoms with van der Waals surface area (Å²) in [6.07, 6.45) is 13.4. The molecule has 0 spiro atoms. The van der Waals surface area contributed by atoms with Gasteiger partial charge >= 0.3 is 0 Å². The number of nitrogens with zero attached hydrogens (tertiary/aromatic N) is 1. The first-order valence-electron chi connectivity index (χ1n) is 8.35. The Bertz CT molecular complexity index is 478. The molecule has 2 rings (SSSR count). The van der Waals surface area contributed by atoms with Crippen LogP contribution in [0.25, 0.3) is 6.08 Å². The second kappa shape index (κ2) is 8.66. The van der Waals surface area contributed by atoms with E-state index < -0.39 is 0 Å². The van der Waals surface area contributed by atoms with Gasteiger partial charge in [0, 0.05) is 18.8 Å². The first-order chi connectivity index (χ1) is 10.3. The Hall–Kier alpha value is -1.57. The predicted octanol–water partition coefficient (Wildman–Crippen LogP) is 4.62. The maximum atomic E-state index is 10.4. The molecule has 0 fully saturated rings. The summed E-state index contributed by atoms with van der Waals surface area (Å²) < 4.78 is 0. The van der Waals surface area contributed by atoms with E-state index >= 15 is 0 Å². The van der Waals surface area contributed by atoms with E-state index in [2.05, 4.69) is 30.0 Å². The summed E-state index contributed by atoms with van der Waals surface area (Å²) in [7, 11) is 0. The third kappa shape index (κ3) is 4.73. The van der Waals surface area contributed by atoms with Crippen LogP contribution in [0.4, 0.5) is 5.69 Å². The highest BCUT2D eigenvalue weighted by Crippen LogP contribution is 2.28. The van der Waals surface area contributed by atoms with Crippen molar-refractivity contribution in [3.63, 3.8) is 0 Å². The topological polar surface area (TPSA) is 20.3 Å². The zero-order valence-electron chi connectivity index (χ0n) is 13.2. The Morgan fingerprint density at radius 1 is 1.19 bits per heavy atom. The molecule has 0 saturated carbocycles. The van der Waals surface area contributed by atoms with Gasteiger partial charge in [0.15, 0.2) is 0 Å². The molecule has 1 heterocycles. The van der Waals surface area contributed by atoms with Gasteiger partial charge in [0.1, 0.15) is 6.29 Å². The summed E-state index contributed by atoms with van der Waals surface area (Å²) >= 11 is 0. The lowest BCUT2D eigenvalue weighted by Crippen LogP contribution is -2.30. The molecule has 0 N–H and O–H groups in total. The van der Waals surface area contributed by atoms with Crippen molar-refractivity contribution < 1.29 is 4.79 Å². The van der Waals surface area contributed by atoms with E-state index in [9.17, 15) is 4.79 Å². The van der Waals surface area contributed by atoms with Gasteiger partial charge in [0.05, 0.1) is 0 Å². The Labute approximate surface area is 128 Å². The molecule has 1 aliphatic heterocycles. The molecule has 2 nitrogen and oxygen atoms in total. The molecule has 1 aromatic rings. The predicted molar refractivity (Wildman–Crippen MR) is 90.8 cm³/mol. The minimum atomic E-state index is 0.835. The van der Waals surface area contributed by atoms with Gasteiger partial charge in [-0.3, -0.25) is 4.79 Å². The Balaban J connectivity index is 1.95. The van der Waals surface area contributed by atoms with E-state index in [1.165, 1.54) is 62.9 Å². The number of allylic oxidation sites excluding steroid dienone is 1. The number of unbranched alkanes of at least 4 members (excludes halogenated alkanes) is 4. The van der Waals surface area contributed by atoms with E-state index in [0.29, 0.717) is 0 Å². The normalized spacial score (nSPS) is 14.4. The van der Waals surface area contributed by atoms with E-state index in [1.807, 2.05) is 6.08 Å².